The van der Waals surface area contributed by atoms with Crippen molar-refractivity contribution in [3.05, 3.63) is 23.8 Å². The first-order valence-electron chi connectivity index (χ1n) is 13.6. The first kappa shape index (κ1) is 38.9. The number of rotatable bonds is 17. The zero-order chi connectivity index (χ0) is 35.1. The second-order valence-corrected chi connectivity index (χ2v) is 9.65. The smallest absolute Gasteiger partial charge is 0.304 e. The maximum Gasteiger partial charge on any atom is 0.304 e. The summed E-state index contributed by atoms with van der Waals surface area (Å²) in [6.07, 6.45) is -6.43. The maximum absolute atomic E-state index is 12.1. The minimum Gasteiger partial charge on any atom is -0.481 e. The van der Waals surface area contributed by atoms with Gasteiger partial charge in [-0.1, -0.05) is 0 Å². The second-order valence-electron chi connectivity index (χ2n) is 9.65. The lowest BCUT2D eigenvalue weighted by Crippen LogP contribution is -2.44. The van der Waals surface area contributed by atoms with Crippen LogP contribution in [0.5, 0.6) is 0 Å². The van der Waals surface area contributed by atoms with E-state index in [9.17, 15) is 43.5 Å². The molecular weight excluding hydrogens is 620 g/mol. The Balaban J connectivity index is 3.75. The number of esters is 7. The number of ether oxygens (including phenoxy) is 7. The predicted molar refractivity (Wildman–Crippen MR) is 147 cm³/mol. The highest BCUT2D eigenvalue weighted by Crippen LogP contribution is 2.31. The summed E-state index contributed by atoms with van der Waals surface area (Å²) in [5.41, 5.74) is -0.320. The van der Waals surface area contributed by atoms with Crippen LogP contribution >= 0.6 is 0 Å². The molecule has 46 heavy (non-hydrogen) atoms. The third kappa shape index (κ3) is 14.1. The van der Waals surface area contributed by atoms with E-state index in [1.165, 1.54) is 0 Å². The number of aliphatic carboxylic acids is 1. The summed E-state index contributed by atoms with van der Waals surface area (Å²) < 4.78 is 36.3. The van der Waals surface area contributed by atoms with E-state index in [2.05, 4.69) is 9.97 Å². The molecule has 1 N–H and O–H groups in total. The zero-order valence-corrected chi connectivity index (χ0v) is 26.2. The normalized spacial score (nSPS) is 14.5. The van der Waals surface area contributed by atoms with E-state index in [0.29, 0.717) is 0 Å². The van der Waals surface area contributed by atoms with Gasteiger partial charge in [0.25, 0.3) is 0 Å². The van der Waals surface area contributed by atoms with Gasteiger partial charge in [0.1, 0.15) is 18.9 Å². The SMILES string of the molecule is CC(=O)OCC(OC(C)=O)C(OC(C)=O)C(CC(=O)O)c1cnc(C(OC(C)=O)C(OC(C)=O)C(COC(C)=O)OC(C)=O)cn1. The Bertz CT molecular complexity index is 1180. The van der Waals surface area contributed by atoms with Crippen molar-refractivity contribution in [3.8, 4) is 0 Å². The lowest BCUT2D eigenvalue weighted by atomic mass is 9.91. The molecule has 0 aliphatic heterocycles. The number of carboxylic acids is 1. The van der Waals surface area contributed by atoms with Gasteiger partial charge in [-0.15, -0.1) is 0 Å². The molecule has 0 saturated carbocycles. The molecule has 1 aromatic rings. The van der Waals surface area contributed by atoms with E-state index in [1.54, 1.807) is 0 Å². The second kappa shape index (κ2) is 18.6. The van der Waals surface area contributed by atoms with Crippen LogP contribution in [0.2, 0.25) is 0 Å². The van der Waals surface area contributed by atoms with Gasteiger partial charge in [0.05, 0.1) is 24.2 Å². The molecule has 18 nitrogen and oxygen atoms in total. The van der Waals surface area contributed by atoms with Crippen LogP contribution in [0.3, 0.4) is 0 Å². The summed E-state index contributed by atoms with van der Waals surface area (Å²) in [6.45, 7) is 6.07. The molecule has 0 spiro atoms. The first-order chi connectivity index (χ1) is 21.4. The maximum atomic E-state index is 12.1. The summed E-state index contributed by atoms with van der Waals surface area (Å²) in [4.78, 5) is 103. The summed E-state index contributed by atoms with van der Waals surface area (Å²) in [5.74, 6) is -8.67. The molecule has 0 aliphatic rings. The number of aromatic nitrogens is 2. The Labute approximate surface area is 263 Å². The van der Waals surface area contributed by atoms with Crippen molar-refractivity contribution in [1.82, 2.24) is 9.97 Å². The summed E-state index contributed by atoms with van der Waals surface area (Å²) in [5, 5.41) is 9.67. The Morgan fingerprint density at radius 2 is 0.957 bits per heavy atom. The van der Waals surface area contributed by atoms with Gasteiger partial charge in [0.15, 0.2) is 30.5 Å². The Morgan fingerprint density at radius 1 is 0.565 bits per heavy atom. The van der Waals surface area contributed by atoms with Gasteiger partial charge >= 0.3 is 47.8 Å². The number of carbonyl (C=O) groups is 8. The van der Waals surface area contributed by atoms with Crippen LogP contribution in [-0.2, 0) is 71.5 Å². The minimum absolute atomic E-state index is 0.126. The molecular formula is C28H36N2O16. The highest BCUT2D eigenvalue weighted by Gasteiger charge is 2.42. The lowest BCUT2D eigenvalue weighted by Gasteiger charge is -2.32. The third-order valence-electron chi connectivity index (χ3n) is 5.62. The molecule has 254 valence electrons. The van der Waals surface area contributed by atoms with Gasteiger partial charge in [-0.25, -0.2) is 0 Å². The van der Waals surface area contributed by atoms with Crippen LogP contribution in [-0.4, -0.2) is 100 Å². The largest absolute Gasteiger partial charge is 0.481 e. The van der Waals surface area contributed by atoms with Gasteiger partial charge in [-0.3, -0.25) is 48.3 Å². The van der Waals surface area contributed by atoms with E-state index in [-0.39, 0.29) is 11.4 Å². The van der Waals surface area contributed by atoms with E-state index < -0.39 is 104 Å². The quantitative estimate of drug-likeness (QED) is 0.177. The van der Waals surface area contributed by atoms with E-state index in [4.69, 9.17) is 33.2 Å². The lowest BCUT2D eigenvalue weighted by molar-refractivity contribution is -0.190. The summed E-state index contributed by atoms with van der Waals surface area (Å²) in [6, 6.07) is 0. The topological polar surface area (TPSA) is 247 Å². The standard InChI is InChI=1S/C28H36N2O16/c1-13(31)40-11-23(42-15(3)33)26(44-17(5)35)20(8-25(38)39)21-9-30-22(10-29-21)27(45-18(6)36)28(46-19(7)37)24(43-16(4)34)12-41-14(2)32/h9-10,20,23-24,26-28H,8,11-12H2,1-7H3,(H,38,39). The fourth-order valence-electron chi connectivity index (χ4n) is 4.09. The van der Waals surface area contributed by atoms with Crippen molar-refractivity contribution in [2.75, 3.05) is 13.2 Å². The molecule has 1 rings (SSSR count). The zero-order valence-electron chi connectivity index (χ0n) is 26.2. The van der Waals surface area contributed by atoms with E-state index in [0.717, 1.165) is 60.9 Å². The summed E-state index contributed by atoms with van der Waals surface area (Å²) in [7, 11) is 0. The number of carbonyl (C=O) groups excluding carboxylic acids is 7. The first-order valence-corrected chi connectivity index (χ1v) is 13.6. The molecule has 1 heterocycles. The highest BCUT2D eigenvalue weighted by molar-refractivity contribution is 5.70. The molecule has 0 fully saturated rings. The number of carboxylic acid groups (broad SMARTS) is 1. The fourth-order valence-corrected chi connectivity index (χ4v) is 4.09. The average Bonchev–Trinajstić information content (AvgIpc) is 2.92. The van der Waals surface area contributed by atoms with Crippen LogP contribution in [0.4, 0.5) is 0 Å². The van der Waals surface area contributed by atoms with Crippen LogP contribution in [0.25, 0.3) is 0 Å². The van der Waals surface area contributed by atoms with Gasteiger partial charge in [-0.2, -0.15) is 0 Å². The molecule has 0 radical (unpaired) electrons. The van der Waals surface area contributed by atoms with Crippen molar-refractivity contribution in [3.63, 3.8) is 0 Å². The minimum atomic E-state index is -1.62. The molecule has 0 aromatic carbocycles. The van der Waals surface area contributed by atoms with Crippen LogP contribution in [0, 0.1) is 0 Å². The van der Waals surface area contributed by atoms with Gasteiger partial charge in [0, 0.05) is 54.7 Å². The number of hydrogen-bond donors (Lipinski definition) is 1. The van der Waals surface area contributed by atoms with Gasteiger partial charge < -0.3 is 38.3 Å². The molecule has 0 amide bonds. The monoisotopic (exact) mass is 656 g/mol. The summed E-state index contributed by atoms with van der Waals surface area (Å²) >= 11 is 0. The number of hydrogen-bond acceptors (Lipinski definition) is 17. The van der Waals surface area contributed by atoms with Crippen LogP contribution < -0.4 is 0 Å². The van der Waals surface area contributed by atoms with Gasteiger partial charge in [0.2, 0.25) is 0 Å². The van der Waals surface area contributed by atoms with E-state index >= 15 is 0 Å². The molecule has 1 aromatic heterocycles. The molecule has 6 unspecified atom stereocenters. The number of nitrogens with zero attached hydrogens (tertiary/aromatic N) is 2. The Hall–Kier alpha value is -5.16. The molecule has 0 saturated heterocycles. The van der Waals surface area contributed by atoms with Crippen molar-refractivity contribution in [2.45, 2.75) is 91.3 Å². The van der Waals surface area contributed by atoms with Crippen molar-refractivity contribution >= 4 is 47.8 Å². The van der Waals surface area contributed by atoms with Crippen LogP contribution in [0.1, 0.15) is 78.3 Å². The van der Waals surface area contributed by atoms with Gasteiger partial charge in [-0.05, 0) is 0 Å². The van der Waals surface area contributed by atoms with E-state index in [1.807, 2.05) is 0 Å². The van der Waals surface area contributed by atoms with Crippen molar-refractivity contribution < 1.29 is 76.6 Å². The predicted octanol–water partition coefficient (Wildman–Crippen LogP) is 0.492. The molecule has 18 heteroatoms. The Morgan fingerprint density at radius 3 is 1.33 bits per heavy atom. The molecule has 0 bridgehead atoms. The Kier molecular flexibility index (Phi) is 15.7. The van der Waals surface area contributed by atoms with Crippen molar-refractivity contribution in [2.24, 2.45) is 0 Å². The van der Waals surface area contributed by atoms with Crippen molar-refractivity contribution in [1.29, 1.82) is 0 Å². The highest BCUT2D eigenvalue weighted by atomic mass is 16.6. The third-order valence-corrected chi connectivity index (χ3v) is 5.62. The average molecular weight is 657 g/mol. The van der Waals surface area contributed by atoms with Crippen LogP contribution in [0.15, 0.2) is 12.4 Å². The molecule has 0 aliphatic carbocycles. The fraction of sp³-hybridized carbons (Fsp3) is 0.571. The molecule has 6 atom stereocenters.